The second-order valence-corrected chi connectivity index (χ2v) is 18.3. The predicted octanol–water partition coefficient (Wildman–Crippen LogP) is 8.25. The molecular formula is C36H39N3O9S6. The third kappa shape index (κ3) is 14.7. The van der Waals surface area contributed by atoms with Crippen molar-refractivity contribution in [1.29, 1.82) is 0 Å². The van der Waals surface area contributed by atoms with Crippen LogP contribution >= 0.6 is 64.8 Å². The van der Waals surface area contributed by atoms with Crippen molar-refractivity contribution in [3.8, 4) is 0 Å². The topological polar surface area (TPSA) is 145 Å². The van der Waals surface area contributed by atoms with Crippen molar-refractivity contribution in [1.82, 2.24) is 13.7 Å². The molecule has 18 heteroatoms. The maximum absolute atomic E-state index is 13.4. The van der Waals surface area contributed by atoms with Crippen LogP contribution in [0.1, 0.15) is 33.4 Å². The standard InChI is InChI=1S/C36H39N3O9S6/c1-25-4-10-28(11-5-25)22-49-52-34(43)46-19-16-37-31(40)38(17-20-47-35(44)53-50-23-29-12-6-26(2)7-13-29)33(42)39(32(37)41)18-21-48-36(45)54-51-24-30-14-8-27(3)9-15-30/h4-15H,16-24H2,1-3H3. The van der Waals surface area contributed by atoms with Gasteiger partial charge >= 0.3 is 33.0 Å². The number of nitrogens with zero attached hydrogens (tertiary/aromatic N) is 3. The van der Waals surface area contributed by atoms with Crippen molar-refractivity contribution in [2.45, 2.75) is 57.7 Å². The number of aromatic nitrogens is 3. The van der Waals surface area contributed by atoms with Crippen LogP contribution in [0, 0.1) is 20.8 Å². The summed E-state index contributed by atoms with van der Waals surface area (Å²) in [6.07, 6.45) is 0. The Labute approximate surface area is 336 Å². The van der Waals surface area contributed by atoms with Gasteiger partial charge in [0.2, 0.25) is 0 Å². The van der Waals surface area contributed by atoms with Crippen molar-refractivity contribution in [3.63, 3.8) is 0 Å². The molecular weight excluding hydrogens is 811 g/mol. The highest BCUT2D eigenvalue weighted by Gasteiger charge is 2.18. The number of aryl methyl sites for hydroxylation is 3. The summed E-state index contributed by atoms with van der Waals surface area (Å²) in [5.74, 6) is 1.70. The van der Waals surface area contributed by atoms with E-state index in [2.05, 4.69) is 0 Å². The van der Waals surface area contributed by atoms with E-state index in [1.54, 1.807) is 0 Å². The highest BCUT2D eigenvalue weighted by Crippen LogP contribution is 2.29. The van der Waals surface area contributed by atoms with E-state index in [0.717, 1.165) is 79.5 Å². The summed E-state index contributed by atoms with van der Waals surface area (Å²) in [6.45, 7) is 3.97. The normalized spacial score (nSPS) is 10.9. The number of rotatable bonds is 18. The number of carbonyl (C=O) groups excluding carboxylic acids is 3. The summed E-state index contributed by atoms with van der Waals surface area (Å²) in [5, 5.41) is -1.82. The summed E-state index contributed by atoms with van der Waals surface area (Å²) in [7, 11) is 6.52. The lowest BCUT2D eigenvalue weighted by Gasteiger charge is -2.14. The number of benzene rings is 3. The zero-order valence-corrected chi connectivity index (χ0v) is 34.7. The van der Waals surface area contributed by atoms with E-state index >= 15 is 0 Å². The van der Waals surface area contributed by atoms with E-state index in [4.69, 9.17) is 14.2 Å². The minimum absolute atomic E-state index is 0.321. The van der Waals surface area contributed by atoms with Gasteiger partial charge < -0.3 is 14.2 Å². The zero-order valence-electron chi connectivity index (χ0n) is 29.8. The first kappa shape index (κ1) is 43.3. The molecule has 0 amide bonds. The van der Waals surface area contributed by atoms with Crippen molar-refractivity contribution < 1.29 is 28.6 Å². The molecule has 1 aromatic heterocycles. The Morgan fingerprint density at radius 1 is 0.444 bits per heavy atom. The van der Waals surface area contributed by atoms with Gasteiger partial charge in [0.25, 0.3) is 0 Å². The molecule has 4 aromatic rings. The molecule has 0 saturated carbocycles. The minimum atomic E-state index is -0.962. The van der Waals surface area contributed by atoms with Gasteiger partial charge in [-0.25, -0.2) is 42.5 Å². The van der Waals surface area contributed by atoms with Crippen LogP contribution in [-0.4, -0.2) is 49.4 Å². The first-order chi connectivity index (χ1) is 26.0. The first-order valence-electron chi connectivity index (χ1n) is 16.5. The van der Waals surface area contributed by atoms with E-state index < -0.39 is 33.0 Å². The van der Waals surface area contributed by atoms with E-state index in [1.165, 1.54) is 32.4 Å². The summed E-state index contributed by atoms with van der Waals surface area (Å²) in [4.78, 5) is 77.3. The SMILES string of the molecule is Cc1ccc(CSSC(=O)OCCn2c(=O)n(CCOC(=O)SSCc3ccc(C)cc3)c(=O)n(CCOC(=O)SSCc3ccc(C)cc3)c2=O)cc1. The van der Waals surface area contributed by atoms with Crippen molar-refractivity contribution in [3.05, 3.63) is 138 Å². The molecule has 1 heterocycles. The maximum Gasteiger partial charge on any atom is 0.378 e. The third-order valence-electron chi connectivity index (χ3n) is 7.41. The molecule has 0 saturated heterocycles. The number of carbonyl (C=O) groups is 3. The number of ether oxygens (including phenoxy) is 3. The molecule has 54 heavy (non-hydrogen) atoms. The van der Waals surface area contributed by atoms with Crippen LogP contribution in [0.3, 0.4) is 0 Å². The van der Waals surface area contributed by atoms with Gasteiger partial charge in [0.1, 0.15) is 19.8 Å². The molecule has 0 radical (unpaired) electrons. The average Bonchev–Trinajstić information content (AvgIpc) is 3.15. The zero-order chi connectivity index (χ0) is 38.9. The Balaban J connectivity index is 1.34. The molecule has 0 N–H and O–H groups in total. The van der Waals surface area contributed by atoms with Gasteiger partial charge in [-0.05, 0) is 37.5 Å². The lowest BCUT2D eigenvalue weighted by Crippen LogP contribution is -2.55. The summed E-state index contributed by atoms with van der Waals surface area (Å²) >= 11 is 0. The maximum atomic E-state index is 13.4. The fourth-order valence-electron chi connectivity index (χ4n) is 4.48. The number of hydrogen-bond acceptors (Lipinski definition) is 15. The van der Waals surface area contributed by atoms with Crippen molar-refractivity contribution in [2.75, 3.05) is 19.8 Å². The van der Waals surface area contributed by atoms with Gasteiger partial charge in [-0.15, -0.1) is 0 Å². The lowest BCUT2D eigenvalue weighted by atomic mass is 10.2. The second kappa shape index (κ2) is 22.8. The van der Waals surface area contributed by atoms with E-state index in [9.17, 15) is 28.8 Å². The van der Waals surface area contributed by atoms with Gasteiger partial charge in [-0.3, -0.25) is 0 Å². The van der Waals surface area contributed by atoms with Crippen LogP contribution in [0.4, 0.5) is 14.4 Å². The van der Waals surface area contributed by atoms with E-state index in [0.29, 0.717) is 17.3 Å². The van der Waals surface area contributed by atoms with Crippen LogP contribution in [0.25, 0.3) is 0 Å². The molecule has 288 valence electrons. The van der Waals surface area contributed by atoms with Crippen LogP contribution in [0.15, 0.2) is 87.2 Å². The molecule has 4 rings (SSSR count). The molecule has 3 aromatic carbocycles. The molecule has 0 atom stereocenters. The fourth-order valence-corrected chi connectivity index (χ4v) is 9.38. The molecule has 0 aliphatic heterocycles. The summed E-state index contributed by atoms with van der Waals surface area (Å²) in [5.41, 5.74) is 3.61. The van der Waals surface area contributed by atoms with Gasteiger partial charge in [-0.1, -0.05) is 122 Å². The molecule has 12 nitrogen and oxygen atoms in total. The Morgan fingerprint density at radius 3 is 0.926 bits per heavy atom. The Morgan fingerprint density at radius 2 is 0.685 bits per heavy atom. The molecule has 0 spiro atoms. The van der Waals surface area contributed by atoms with Gasteiger partial charge in [-0.2, -0.15) is 0 Å². The molecule has 0 unspecified atom stereocenters. The summed E-state index contributed by atoms with van der Waals surface area (Å²) in [6, 6.07) is 23.7. The molecule has 0 fully saturated rings. The number of hydrogen-bond donors (Lipinski definition) is 0. The predicted molar refractivity (Wildman–Crippen MR) is 223 cm³/mol. The smallest absolute Gasteiger partial charge is 0.378 e. The molecule has 0 bridgehead atoms. The largest absolute Gasteiger partial charge is 0.455 e. The molecule has 0 aliphatic rings. The monoisotopic (exact) mass is 849 g/mol. The quantitative estimate of drug-likeness (QED) is 0.0538. The Kier molecular flexibility index (Phi) is 18.3. The Hall–Kier alpha value is -3.42. The third-order valence-corrected chi connectivity index (χ3v) is 13.2. The van der Waals surface area contributed by atoms with Crippen LogP contribution in [0.2, 0.25) is 0 Å². The highest BCUT2D eigenvalue weighted by molar-refractivity contribution is 8.82. The second-order valence-electron chi connectivity index (χ2n) is 11.6. The van der Waals surface area contributed by atoms with Crippen LogP contribution < -0.4 is 17.1 Å². The first-order valence-corrected chi connectivity index (χ1v) is 23.5. The van der Waals surface area contributed by atoms with Crippen molar-refractivity contribution >= 4 is 80.7 Å². The summed E-state index contributed by atoms with van der Waals surface area (Å²) < 4.78 is 18.1. The highest BCUT2D eigenvalue weighted by atomic mass is 33.1. The lowest BCUT2D eigenvalue weighted by molar-refractivity contribution is 0.162. The Bertz CT molecular complexity index is 1770. The fraction of sp³-hybridized carbons (Fsp3) is 0.333. The van der Waals surface area contributed by atoms with E-state index in [-0.39, 0.29) is 39.5 Å². The van der Waals surface area contributed by atoms with E-state index in [1.807, 2.05) is 93.6 Å². The minimum Gasteiger partial charge on any atom is -0.455 e. The van der Waals surface area contributed by atoms with Crippen LogP contribution in [0.5, 0.6) is 0 Å². The van der Waals surface area contributed by atoms with Crippen LogP contribution in [-0.2, 0) is 51.1 Å². The van der Waals surface area contributed by atoms with Gasteiger partial charge in [0.05, 0.1) is 19.6 Å². The van der Waals surface area contributed by atoms with Gasteiger partial charge in [0, 0.05) is 49.6 Å². The van der Waals surface area contributed by atoms with Crippen molar-refractivity contribution in [2.24, 2.45) is 0 Å². The average molecular weight is 850 g/mol. The van der Waals surface area contributed by atoms with Gasteiger partial charge in [0.15, 0.2) is 0 Å². The molecule has 0 aliphatic carbocycles.